The van der Waals surface area contributed by atoms with Crippen LogP contribution in [0.2, 0.25) is 0 Å². The molecule has 0 atom stereocenters. The van der Waals surface area contributed by atoms with E-state index in [0.29, 0.717) is 32.0 Å². The van der Waals surface area contributed by atoms with Gasteiger partial charge in [-0.1, -0.05) is 0 Å². The van der Waals surface area contributed by atoms with Gasteiger partial charge >= 0.3 is 195 Å². The average Bonchev–Trinajstić information content (AvgIpc) is 2.85. The van der Waals surface area contributed by atoms with Crippen LogP contribution < -0.4 is 15.1 Å². The first-order valence-corrected chi connectivity index (χ1v) is 13.9. The van der Waals surface area contributed by atoms with E-state index in [1.54, 1.807) is 0 Å². The number of hydrogen-bond acceptors (Lipinski definition) is 6. The van der Waals surface area contributed by atoms with Gasteiger partial charge in [0, 0.05) is 0 Å². The van der Waals surface area contributed by atoms with E-state index in [0.717, 1.165) is 77.7 Å². The van der Waals surface area contributed by atoms with Gasteiger partial charge in [0.2, 0.25) is 0 Å². The van der Waals surface area contributed by atoms with Gasteiger partial charge in [-0.3, -0.25) is 0 Å². The second-order valence-corrected chi connectivity index (χ2v) is 9.59. The number of nitrogens with zero attached hydrogens (tertiary/aromatic N) is 5. The Morgan fingerprint density at radius 3 is 2.29 bits per heavy atom. The molecule has 2 aromatic heterocycles. The third kappa shape index (κ3) is 5.85. The van der Waals surface area contributed by atoms with Crippen LogP contribution in [-0.2, 0) is 19.1 Å². The van der Waals surface area contributed by atoms with Gasteiger partial charge < -0.3 is 0 Å². The first-order chi connectivity index (χ1) is 16.4. The number of benzene rings is 1. The third-order valence-electron chi connectivity index (χ3n) is 6.04. The van der Waals surface area contributed by atoms with Crippen molar-refractivity contribution in [1.29, 1.82) is 0 Å². The maximum atomic E-state index is 12.8. The molecule has 0 amide bonds. The van der Waals surface area contributed by atoms with Crippen molar-refractivity contribution in [1.82, 2.24) is 20.5 Å². The number of aromatic nitrogens is 3. The second-order valence-electron chi connectivity index (χ2n) is 8.22. The number of anilines is 2. The summed E-state index contributed by atoms with van der Waals surface area (Å²) in [5, 5.41) is 12.7. The zero-order valence-corrected chi connectivity index (χ0v) is 22.8. The summed E-state index contributed by atoms with van der Waals surface area (Å²) in [6.45, 7) is 5.55. The summed E-state index contributed by atoms with van der Waals surface area (Å²) >= 11 is 1.07. The average molecular weight is 663 g/mol. The number of halogens is 3. The molecule has 0 unspecified atom stereocenters. The van der Waals surface area contributed by atoms with E-state index in [-0.39, 0.29) is 0 Å². The molecule has 1 N–H and O–H groups in total. The van der Waals surface area contributed by atoms with Gasteiger partial charge in [-0.2, -0.15) is 13.2 Å². The molecule has 1 fully saturated rings. The van der Waals surface area contributed by atoms with E-state index in [2.05, 4.69) is 44.5 Å². The molecule has 177 valence electrons. The summed E-state index contributed by atoms with van der Waals surface area (Å²) in [5.41, 5.74) is 3.77. The quantitative estimate of drug-likeness (QED) is 0.392. The van der Waals surface area contributed by atoms with Crippen LogP contribution in [0.5, 0.6) is 0 Å². The summed E-state index contributed by atoms with van der Waals surface area (Å²) in [6.07, 6.45) is -2.74. The predicted molar refractivity (Wildman–Crippen MR) is 127 cm³/mol. The van der Waals surface area contributed by atoms with Gasteiger partial charge in [-0.25, -0.2) is 0 Å². The van der Waals surface area contributed by atoms with E-state index in [4.69, 9.17) is 0 Å². The van der Waals surface area contributed by atoms with E-state index < -0.39 is 11.7 Å². The zero-order chi connectivity index (χ0) is 24.1. The Labute approximate surface area is 213 Å². The Hall–Kier alpha value is -2.28. The number of pyridine rings is 1. The van der Waals surface area contributed by atoms with Crippen molar-refractivity contribution in [2.24, 2.45) is 0 Å². The molecule has 0 saturated carbocycles. The molecule has 0 bridgehead atoms. The summed E-state index contributed by atoms with van der Waals surface area (Å²) in [6, 6.07) is 12.8. The molecule has 0 aliphatic carbocycles. The van der Waals surface area contributed by atoms with Crippen LogP contribution >= 0.6 is 0 Å². The first-order valence-electron chi connectivity index (χ1n) is 11.1. The monoisotopic (exact) mass is 663 g/mol. The fraction of sp³-hybridized carbons (Fsp3) is 0.375. The molecule has 3 radical (unpaired) electrons. The van der Waals surface area contributed by atoms with E-state index in [1.807, 2.05) is 23.1 Å². The topological polar surface area (TPSA) is 57.2 Å². The van der Waals surface area contributed by atoms with Gasteiger partial charge in [0.1, 0.15) is 0 Å². The first kappa shape index (κ1) is 24.8. The summed E-state index contributed by atoms with van der Waals surface area (Å²) < 4.78 is 39.5. The van der Waals surface area contributed by atoms with Crippen LogP contribution in [0.4, 0.5) is 24.8 Å². The fourth-order valence-corrected chi connectivity index (χ4v) is 4.57. The number of nitrogens with one attached hydrogen (secondary N) is 1. The minimum atomic E-state index is -4.38. The van der Waals surface area contributed by atoms with Crippen LogP contribution in [0.1, 0.15) is 27.9 Å². The van der Waals surface area contributed by atoms with Crippen LogP contribution in [-0.4, -0.2) is 71.2 Å². The van der Waals surface area contributed by atoms with Crippen molar-refractivity contribution < 1.29 is 13.2 Å². The van der Waals surface area contributed by atoms with Gasteiger partial charge in [-0.15, -0.1) is 0 Å². The third-order valence-corrected chi connectivity index (χ3v) is 7.01. The van der Waals surface area contributed by atoms with E-state index in [9.17, 15) is 13.2 Å². The Kier molecular flexibility index (Phi) is 8.02. The van der Waals surface area contributed by atoms with Crippen molar-refractivity contribution >= 4 is 37.4 Å². The predicted octanol–water partition coefficient (Wildman–Crippen LogP) is 3.33. The molecule has 1 aliphatic heterocycles. The van der Waals surface area contributed by atoms with Gasteiger partial charge in [-0.05, 0) is 0 Å². The molecule has 0 spiro atoms. The maximum absolute atomic E-state index is 12.8. The Bertz CT molecular complexity index is 1080. The molecular formula is C24H26F3N6Pb. The molecule has 34 heavy (non-hydrogen) atoms. The van der Waals surface area contributed by atoms with Crippen molar-refractivity contribution in [3.05, 3.63) is 76.6 Å². The molecule has 1 aromatic carbocycles. The van der Waals surface area contributed by atoms with Gasteiger partial charge in [0.15, 0.2) is 0 Å². The molecular weight excluding hydrogens is 637 g/mol. The molecule has 1 aliphatic rings. The van der Waals surface area contributed by atoms with E-state index in [1.165, 1.54) is 11.6 Å². The summed E-state index contributed by atoms with van der Waals surface area (Å²) in [7, 11) is 0. The van der Waals surface area contributed by atoms with Gasteiger partial charge in [0.25, 0.3) is 0 Å². The van der Waals surface area contributed by atoms with Crippen molar-refractivity contribution in [3.63, 3.8) is 0 Å². The molecule has 3 heterocycles. The SMILES string of the molecule is Cc1c(Cc2ccccc2)nnc(N2CCN(c3ccc(C(F)(F)F)cn3)CC2)c1CN[CH2][Pb]. The number of alkyl halides is 3. The molecule has 4 rings (SSSR count). The number of hydrogen-bond donors (Lipinski definition) is 1. The van der Waals surface area contributed by atoms with Crippen molar-refractivity contribution in [2.75, 3.05) is 40.1 Å². The van der Waals surface area contributed by atoms with Crippen molar-refractivity contribution in [2.45, 2.75) is 26.1 Å². The number of piperazine rings is 1. The van der Waals surface area contributed by atoms with Crippen LogP contribution in [0.15, 0.2) is 48.7 Å². The molecule has 3 aromatic rings. The standard InChI is InChI=1S/C24H26F3N6.Pb/c1-17-20(16-28-2)23(31-30-21(17)14-18-6-4-3-5-7-18)33-12-10-32(11-13-33)22-9-8-19(15-29-22)24(25,26)27;/h3-9,15,28H,2,10-14,16H2,1H3;. The van der Waals surface area contributed by atoms with E-state index >= 15 is 0 Å². The Morgan fingerprint density at radius 2 is 1.68 bits per heavy atom. The van der Waals surface area contributed by atoms with Crippen LogP contribution in [0.3, 0.4) is 0 Å². The zero-order valence-electron chi connectivity index (χ0n) is 18.9. The summed E-state index contributed by atoms with van der Waals surface area (Å²) in [4.78, 5) is 8.27. The second kappa shape index (κ2) is 11.0. The van der Waals surface area contributed by atoms with Crippen LogP contribution in [0, 0.1) is 6.92 Å². The molecule has 10 heteroatoms. The fourth-order valence-electron chi connectivity index (χ4n) is 4.08. The van der Waals surface area contributed by atoms with Crippen LogP contribution in [0.25, 0.3) is 0 Å². The van der Waals surface area contributed by atoms with Crippen molar-refractivity contribution in [3.8, 4) is 0 Å². The number of rotatable bonds is 7. The normalized spacial score (nSPS) is 14.5. The molecule has 6 nitrogen and oxygen atoms in total. The Morgan fingerprint density at radius 1 is 0.971 bits per heavy atom. The molecule has 1 saturated heterocycles. The summed E-state index contributed by atoms with van der Waals surface area (Å²) in [5.74, 6) is 1.45. The van der Waals surface area contributed by atoms with Gasteiger partial charge in [0.05, 0.1) is 5.56 Å². The Balaban J connectivity index is 1.50. The minimum absolute atomic E-state index is 0.561.